The Hall–Kier alpha value is -1.67. The van der Waals surface area contributed by atoms with Gasteiger partial charge in [0, 0.05) is 25.5 Å². The zero-order chi connectivity index (χ0) is 19.3. The smallest absolute Gasteiger partial charge is 0.191 e. The van der Waals surface area contributed by atoms with Gasteiger partial charge in [-0.05, 0) is 43.6 Å². The third-order valence-electron chi connectivity index (χ3n) is 4.63. The molecular formula is C22H34IN5. The summed E-state index contributed by atoms with van der Waals surface area (Å²) in [4.78, 5) is 11.5. The molecular weight excluding hydrogens is 461 g/mol. The number of guanidine groups is 1. The van der Waals surface area contributed by atoms with E-state index >= 15 is 0 Å². The second kappa shape index (κ2) is 14.3. The zero-order valence-electron chi connectivity index (χ0n) is 17.3. The van der Waals surface area contributed by atoms with Crippen molar-refractivity contribution in [2.24, 2.45) is 4.99 Å². The minimum atomic E-state index is 0. The minimum Gasteiger partial charge on any atom is -0.357 e. The average molecular weight is 495 g/mol. The number of rotatable bonds is 10. The van der Waals surface area contributed by atoms with E-state index in [1.807, 2.05) is 12.3 Å². The molecule has 0 aliphatic rings. The van der Waals surface area contributed by atoms with Crippen LogP contribution in [0.15, 0.2) is 59.9 Å². The monoisotopic (exact) mass is 495 g/mol. The number of halogens is 1. The molecule has 5 nitrogen and oxygen atoms in total. The molecule has 0 saturated carbocycles. The van der Waals surface area contributed by atoms with Crippen LogP contribution in [-0.4, -0.2) is 48.6 Å². The number of nitrogens with zero attached hydrogens (tertiary/aromatic N) is 3. The van der Waals surface area contributed by atoms with E-state index in [1.165, 1.54) is 11.1 Å². The first-order chi connectivity index (χ1) is 13.3. The summed E-state index contributed by atoms with van der Waals surface area (Å²) in [5.74, 6) is 0.870. The van der Waals surface area contributed by atoms with Crippen molar-refractivity contribution in [2.75, 3.05) is 32.7 Å². The molecule has 154 valence electrons. The van der Waals surface area contributed by atoms with Crippen molar-refractivity contribution in [1.82, 2.24) is 20.5 Å². The Kier molecular flexibility index (Phi) is 12.5. The SMILES string of the molecule is CCNC(=NCC(c1ccccc1)N(CC)CC)NCCc1cccnc1.I. The molecule has 0 radical (unpaired) electrons. The maximum atomic E-state index is 4.88. The normalized spacial score (nSPS) is 12.4. The Morgan fingerprint density at radius 3 is 2.39 bits per heavy atom. The largest absolute Gasteiger partial charge is 0.357 e. The fourth-order valence-corrected chi connectivity index (χ4v) is 3.16. The van der Waals surface area contributed by atoms with Crippen LogP contribution >= 0.6 is 24.0 Å². The summed E-state index contributed by atoms with van der Waals surface area (Å²) >= 11 is 0. The van der Waals surface area contributed by atoms with Crippen LogP contribution in [0.4, 0.5) is 0 Å². The van der Waals surface area contributed by atoms with E-state index in [1.54, 1.807) is 6.20 Å². The van der Waals surface area contributed by atoms with Crippen LogP contribution in [0.1, 0.15) is 37.9 Å². The lowest BCUT2D eigenvalue weighted by Gasteiger charge is -2.29. The number of aliphatic imine (C=N–C) groups is 1. The number of likely N-dealkylation sites (N-methyl/N-ethyl adjacent to an activating group) is 1. The van der Waals surface area contributed by atoms with Gasteiger partial charge in [-0.3, -0.25) is 14.9 Å². The summed E-state index contributed by atoms with van der Waals surface area (Å²) in [6, 6.07) is 15.0. The van der Waals surface area contributed by atoms with E-state index in [0.29, 0.717) is 0 Å². The van der Waals surface area contributed by atoms with Crippen LogP contribution in [0.3, 0.4) is 0 Å². The van der Waals surface area contributed by atoms with Crippen LogP contribution in [0.2, 0.25) is 0 Å². The summed E-state index contributed by atoms with van der Waals surface area (Å²) in [5.41, 5.74) is 2.54. The Morgan fingerprint density at radius 1 is 1.04 bits per heavy atom. The van der Waals surface area contributed by atoms with Crippen molar-refractivity contribution in [3.63, 3.8) is 0 Å². The fraction of sp³-hybridized carbons (Fsp3) is 0.455. The molecule has 1 atom stereocenters. The van der Waals surface area contributed by atoms with Gasteiger partial charge in [0.2, 0.25) is 0 Å². The van der Waals surface area contributed by atoms with Gasteiger partial charge in [0.15, 0.2) is 5.96 Å². The van der Waals surface area contributed by atoms with Crippen LogP contribution < -0.4 is 10.6 Å². The first kappa shape index (κ1) is 24.4. The molecule has 1 unspecified atom stereocenters. The van der Waals surface area contributed by atoms with Gasteiger partial charge in [-0.15, -0.1) is 24.0 Å². The lowest BCUT2D eigenvalue weighted by Crippen LogP contribution is -2.39. The van der Waals surface area contributed by atoms with E-state index in [0.717, 1.165) is 45.1 Å². The van der Waals surface area contributed by atoms with E-state index in [2.05, 4.69) is 77.7 Å². The Balaban J connectivity index is 0.00000392. The summed E-state index contributed by atoms with van der Waals surface area (Å²) in [5, 5.41) is 6.80. The topological polar surface area (TPSA) is 52.6 Å². The predicted octanol–water partition coefficient (Wildman–Crippen LogP) is 3.88. The molecule has 0 saturated heterocycles. The number of aromatic nitrogens is 1. The quantitative estimate of drug-likeness (QED) is 0.299. The highest BCUT2D eigenvalue weighted by Gasteiger charge is 2.17. The van der Waals surface area contributed by atoms with Gasteiger partial charge >= 0.3 is 0 Å². The zero-order valence-corrected chi connectivity index (χ0v) is 19.6. The molecule has 2 aromatic rings. The van der Waals surface area contributed by atoms with Crippen molar-refractivity contribution >= 4 is 29.9 Å². The summed E-state index contributed by atoms with van der Waals surface area (Å²) < 4.78 is 0. The molecule has 6 heteroatoms. The van der Waals surface area contributed by atoms with Gasteiger partial charge in [0.05, 0.1) is 12.6 Å². The first-order valence-corrected chi connectivity index (χ1v) is 9.98. The summed E-state index contributed by atoms with van der Waals surface area (Å²) in [6.07, 6.45) is 4.65. The second-order valence-corrected chi connectivity index (χ2v) is 6.41. The Morgan fingerprint density at radius 2 is 1.79 bits per heavy atom. The first-order valence-electron chi connectivity index (χ1n) is 9.98. The number of pyridine rings is 1. The number of nitrogens with one attached hydrogen (secondary N) is 2. The summed E-state index contributed by atoms with van der Waals surface area (Å²) in [7, 11) is 0. The van der Waals surface area contributed by atoms with E-state index < -0.39 is 0 Å². The molecule has 0 fully saturated rings. The molecule has 2 N–H and O–H groups in total. The number of hydrogen-bond donors (Lipinski definition) is 2. The van der Waals surface area contributed by atoms with E-state index in [9.17, 15) is 0 Å². The molecule has 0 aliphatic carbocycles. The summed E-state index contributed by atoms with van der Waals surface area (Å²) in [6.45, 7) is 10.9. The number of hydrogen-bond acceptors (Lipinski definition) is 3. The van der Waals surface area contributed by atoms with Gasteiger partial charge in [0.25, 0.3) is 0 Å². The molecule has 1 heterocycles. The van der Waals surface area contributed by atoms with Gasteiger partial charge in [-0.2, -0.15) is 0 Å². The van der Waals surface area contributed by atoms with Crippen LogP contribution in [-0.2, 0) is 6.42 Å². The molecule has 2 rings (SSSR count). The third kappa shape index (κ3) is 8.14. The van der Waals surface area contributed by atoms with Crippen LogP contribution in [0.5, 0.6) is 0 Å². The second-order valence-electron chi connectivity index (χ2n) is 6.41. The van der Waals surface area contributed by atoms with Gasteiger partial charge < -0.3 is 10.6 Å². The van der Waals surface area contributed by atoms with Gasteiger partial charge in [0.1, 0.15) is 0 Å². The third-order valence-corrected chi connectivity index (χ3v) is 4.63. The molecule has 0 bridgehead atoms. The maximum absolute atomic E-state index is 4.88. The van der Waals surface area contributed by atoms with Crippen LogP contribution in [0, 0.1) is 0 Å². The highest BCUT2D eigenvalue weighted by Crippen LogP contribution is 2.20. The predicted molar refractivity (Wildman–Crippen MR) is 129 cm³/mol. The fourth-order valence-electron chi connectivity index (χ4n) is 3.16. The number of benzene rings is 1. The van der Waals surface area contributed by atoms with Crippen molar-refractivity contribution in [1.29, 1.82) is 0 Å². The molecule has 1 aromatic carbocycles. The lowest BCUT2D eigenvalue weighted by molar-refractivity contribution is 0.224. The maximum Gasteiger partial charge on any atom is 0.191 e. The molecule has 0 amide bonds. The molecule has 1 aromatic heterocycles. The molecule has 28 heavy (non-hydrogen) atoms. The molecule has 0 spiro atoms. The molecule has 0 aliphatic heterocycles. The van der Waals surface area contributed by atoms with Gasteiger partial charge in [-0.1, -0.05) is 50.2 Å². The Labute approximate surface area is 187 Å². The van der Waals surface area contributed by atoms with E-state index in [4.69, 9.17) is 4.99 Å². The van der Waals surface area contributed by atoms with E-state index in [-0.39, 0.29) is 30.0 Å². The minimum absolute atomic E-state index is 0. The van der Waals surface area contributed by atoms with Gasteiger partial charge in [-0.25, -0.2) is 0 Å². The van der Waals surface area contributed by atoms with Crippen molar-refractivity contribution < 1.29 is 0 Å². The highest BCUT2D eigenvalue weighted by atomic mass is 127. The van der Waals surface area contributed by atoms with Crippen molar-refractivity contribution in [3.8, 4) is 0 Å². The highest BCUT2D eigenvalue weighted by molar-refractivity contribution is 14.0. The average Bonchev–Trinajstić information content (AvgIpc) is 2.72. The lowest BCUT2D eigenvalue weighted by atomic mass is 10.1. The standard InChI is InChI=1S/C22H33N5.HI/c1-4-24-22(25-16-14-19-11-10-15-23-17-19)26-18-21(27(5-2)6-3)20-12-8-7-9-13-20;/h7-13,15,17,21H,4-6,14,16,18H2,1-3H3,(H2,24,25,26);1H. The Bertz CT molecular complexity index is 659. The van der Waals surface area contributed by atoms with Crippen molar-refractivity contribution in [3.05, 3.63) is 66.0 Å². The van der Waals surface area contributed by atoms with Crippen molar-refractivity contribution in [2.45, 2.75) is 33.2 Å². The van der Waals surface area contributed by atoms with Crippen LogP contribution in [0.25, 0.3) is 0 Å².